The first-order valence-electron chi connectivity index (χ1n) is 10.3. The van der Waals surface area contributed by atoms with E-state index in [2.05, 4.69) is 19.8 Å². The van der Waals surface area contributed by atoms with Crippen LogP contribution in [-0.4, -0.2) is 58.0 Å². The van der Waals surface area contributed by atoms with Gasteiger partial charge in [0.1, 0.15) is 11.5 Å². The number of ether oxygens (including phenoxy) is 1. The van der Waals surface area contributed by atoms with E-state index in [1.165, 1.54) is 4.40 Å². The smallest absolute Gasteiger partial charge is 0.339 e. The van der Waals surface area contributed by atoms with E-state index in [0.29, 0.717) is 29.4 Å². The van der Waals surface area contributed by atoms with Gasteiger partial charge >= 0.3 is 5.97 Å². The van der Waals surface area contributed by atoms with E-state index in [4.69, 9.17) is 16.3 Å². The van der Waals surface area contributed by atoms with Crippen LogP contribution in [0.15, 0.2) is 47.5 Å². The third-order valence-corrected chi connectivity index (χ3v) is 5.46. The summed E-state index contributed by atoms with van der Waals surface area (Å²) in [5, 5.41) is 0.501. The normalized spacial score (nSPS) is 15.1. The molecule has 0 saturated carbocycles. The lowest BCUT2D eigenvalue weighted by atomic mass is 10.2. The molecule has 0 atom stereocenters. The van der Waals surface area contributed by atoms with Crippen molar-refractivity contribution >= 4 is 29.0 Å². The number of hydrogen-bond acceptors (Lipinski definition) is 7. The average Bonchev–Trinajstić information content (AvgIpc) is 3.00. The van der Waals surface area contributed by atoms with Crippen LogP contribution in [0.25, 0.3) is 5.65 Å². The number of carbonyl (C=O) groups excluding carboxylic acids is 1. The Bertz CT molecular complexity index is 1130. The summed E-state index contributed by atoms with van der Waals surface area (Å²) >= 11 is 5.98. The molecule has 0 radical (unpaired) electrons. The van der Waals surface area contributed by atoms with Gasteiger partial charge in [-0.2, -0.15) is 0 Å². The van der Waals surface area contributed by atoms with E-state index in [9.17, 15) is 9.59 Å². The zero-order chi connectivity index (χ0) is 21.8. The fourth-order valence-electron chi connectivity index (χ4n) is 3.70. The highest BCUT2D eigenvalue weighted by Crippen LogP contribution is 2.16. The molecular weight excluding hydrogens is 418 g/mol. The Hall–Kier alpha value is -2.97. The molecule has 0 bridgehead atoms. The molecule has 1 aliphatic heterocycles. The Balaban J connectivity index is 1.41. The van der Waals surface area contributed by atoms with Gasteiger partial charge in [-0.15, -0.1) is 0 Å². The fourth-order valence-corrected chi connectivity index (χ4v) is 3.86. The molecule has 0 spiro atoms. The predicted molar refractivity (Wildman–Crippen MR) is 119 cm³/mol. The number of nitrogens with zero attached hydrogens (tertiary/aromatic N) is 5. The molecule has 1 saturated heterocycles. The maximum atomic E-state index is 12.4. The highest BCUT2D eigenvalue weighted by atomic mass is 35.5. The van der Waals surface area contributed by atoms with Crippen molar-refractivity contribution in [3.8, 4) is 0 Å². The monoisotopic (exact) mass is 441 g/mol. The third-order valence-electron chi connectivity index (χ3n) is 5.23. The Labute approximate surface area is 185 Å². The van der Waals surface area contributed by atoms with Gasteiger partial charge < -0.3 is 9.64 Å². The molecule has 9 heteroatoms. The quantitative estimate of drug-likeness (QED) is 0.563. The molecule has 3 aromatic heterocycles. The Kier molecular flexibility index (Phi) is 6.48. The van der Waals surface area contributed by atoms with Crippen molar-refractivity contribution in [1.82, 2.24) is 19.3 Å². The molecule has 0 aliphatic carbocycles. The molecular formula is C22H24ClN5O3. The number of anilines is 1. The van der Waals surface area contributed by atoms with Gasteiger partial charge in [0.2, 0.25) is 0 Å². The average molecular weight is 442 g/mol. The topological polar surface area (TPSA) is 80.0 Å². The highest BCUT2D eigenvalue weighted by molar-refractivity contribution is 6.30. The van der Waals surface area contributed by atoms with E-state index in [1.807, 2.05) is 6.07 Å². The number of esters is 1. The lowest BCUT2D eigenvalue weighted by molar-refractivity contribution is 0.0526. The van der Waals surface area contributed by atoms with Crippen molar-refractivity contribution in [3.05, 3.63) is 69.4 Å². The summed E-state index contributed by atoms with van der Waals surface area (Å²) < 4.78 is 6.47. The van der Waals surface area contributed by atoms with Crippen molar-refractivity contribution in [2.24, 2.45) is 0 Å². The number of hydrogen-bond donors (Lipinski definition) is 0. The molecule has 0 amide bonds. The summed E-state index contributed by atoms with van der Waals surface area (Å²) in [5.74, 6) is 0.485. The van der Waals surface area contributed by atoms with Crippen LogP contribution in [0, 0.1) is 0 Å². The molecule has 4 heterocycles. The summed E-state index contributed by atoms with van der Waals surface area (Å²) in [6.07, 6.45) is 4.11. The summed E-state index contributed by atoms with van der Waals surface area (Å²) in [6.45, 7) is 6.12. The van der Waals surface area contributed by atoms with Crippen LogP contribution < -0.4 is 10.5 Å². The summed E-state index contributed by atoms with van der Waals surface area (Å²) in [5.41, 5.74) is 1.66. The number of rotatable bonds is 5. The standard InChI is InChI=1S/C22H24ClN5O3/c1-2-31-22(30)16-4-6-19(24-13-16)27-9-3-8-26(10-11-27)15-18-12-21(29)28-14-17(23)5-7-20(28)25-18/h4-7,12-14H,2-3,8-11,15H2,1H3. The molecule has 0 N–H and O–H groups in total. The van der Waals surface area contributed by atoms with E-state index in [0.717, 1.165) is 44.1 Å². The first kappa shape index (κ1) is 21.3. The van der Waals surface area contributed by atoms with Crippen molar-refractivity contribution in [3.63, 3.8) is 0 Å². The third kappa shape index (κ3) is 5.03. The summed E-state index contributed by atoms with van der Waals surface area (Å²) in [7, 11) is 0. The minimum atomic E-state index is -0.357. The van der Waals surface area contributed by atoms with Crippen LogP contribution in [0.2, 0.25) is 5.02 Å². The molecule has 8 nitrogen and oxygen atoms in total. The number of fused-ring (bicyclic) bond motifs is 1. The summed E-state index contributed by atoms with van der Waals surface area (Å²) in [4.78, 5) is 37.8. The maximum absolute atomic E-state index is 12.4. The summed E-state index contributed by atoms with van der Waals surface area (Å²) in [6, 6.07) is 8.67. The van der Waals surface area contributed by atoms with Crippen molar-refractivity contribution in [1.29, 1.82) is 0 Å². The number of halogens is 1. The van der Waals surface area contributed by atoms with Gasteiger partial charge in [0.05, 0.1) is 22.9 Å². The van der Waals surface area contributed by atoms with Crippen LogP contribution in [-0.2, 0) is 11.3 Å². The first-order valence-corrected chi connectivity index (χ1v) is 10.7. The lowest BCUT2D eigenvalue weighted by Crippen LogP contribution is -2.31. The molecule has 31 heavy (non-hydrogen) atoms. The van der Waals surface area contributed by atoms with E-state index in [-0.39, 0.29) is 11.5 Å². The van der Waals surface area contributed by atoms with Crippen molar-refractivity contribution < 1.29 is 9.53 Å². The van der Waals surface area contributed by atoms with Gasteiger partial charge in [0.15, 0.2) is 0 Å². The largest absolute Gasteiger partial charge is 0.462 e. The van der Waals surface area contributed by atoms with Gasteiger partial charge in [0, 0.05) is 51.2 Å². The molecule has 4 rings (SSSR count). The Morgan fingerprint density at radius 3 is 2.81 bits per heavy atom. The van der Waals surface area contributed by atoms with Crippen molar-refractivity contribution in [2.75, 3.05) is 37.7 Å². The van der Waals surface area contributed by atoms with Gasteiger partial charge in [-0.3, -0.25) is 14.1 Å². The second kappa shape index (κ2) is 9.45. The molecule has 1 aliphatic rings. The van der Waals surface area contributed by atoms with Crippen LogP contribution >= 0.6 is 11.6 Å². The van der Waals surface area contributed by atoms with Crippen LogP contribution in [0.4, 0.5) is 5.82 Å². The minimum Gasteiger partial charge on any atom is -0.462 e. The Morgan fingerprint density at radius 1 is 1.16 bits per heavy atom. The van der Waals surface area contributed by atoms with Crippen LogP contribution in [0.3, 0.4) is 0 Å². The lowest BCUT2D eigenvalue weighted by Gasteiger charge is -2.22. The zero-order valence-electron chi connectivity index (χ0n) is 17.3. The van der Waals surface area contributed by atoms with E-state index >= 15 is 0 Å². The molecule has 0 aromatic carbocycles. The fraction of sp³-hybridized carbons (Fsp3) is 0.364. The first-order chi connectivity index (χ1) is 15.0. The predicted octanol–water partition coefficient (Wildman–Crippen LogP) is 2.63. The minimum absolute atomic E-state index is 0.134. The number of carbonyl (C=O) groups is 1. The number of pyridine rings is 2. The van der Waals surface area contributed by atoms with E-state index in [1.54, 1.807) is 43.6 Å². The second-order valence-corrected chi connectivity index (χ2v) is 7.84. The van der Waals surface area contributed by atoms with Crippen molar-refractivity contribution in [2.45, 2.75) is 19.9 Å². The number of aromatic nitrogens is 3. The zero-order valence-corrected chi connectivity index (χ0v) is 18.1. The van der Waals surface area contributed by atoms with Gasteiger partial charge in [-0.05, 0) is 37.6 Å². The second-order valence-electron chi connectivity index (χ2n) is 7.40. The van der Waals surface area contributed by atoms with Gasteiger partial charge in [-0.1, -0.05) is 11.6 Å². The van der Waals surface area contributed by atoms with Gasteiger partial charge in [0.25, 0.3) is 5.56 Å². The molecule has 1 fully saturated rings. The molecule has 3 aromatic rings. The Morgan fingerprint density at radius 2 is 2.03 bits per heavy atom. The maximum Gasteiger partial charge on any atom is 0.339 e. The van der Waals surface area contributed by atoms with Crippen LogP contribution in [0.5, 0.6) is 0 Å². The van der Waals surface area contributed by atoms with Gasteiger partial charge in [-0.25, -0.2) is 14.8 Å². The molecule has 0 unspecified atom stereocenters. The van der Waals surface area contributed by atoms with Crippen LogP contribution in [0.1, 0.15) is 29.4 Å². The highest BCUT2D eigenvalue weighted by Gasteiger charge is 2.18. The van der Waals surface area contributed by atoms with E-state index < -0.39 is 0 Å². The molecule has 162 valence electrons. The SMILES string of the molecule is CCOC(=O)c1ccc(N2CCCN(Cc3cc(=O)n4cc(Cl)ccc4n3)CC2)nc1.